The van der Waals surface area contributed by atoms with Crippen molar-refractivity contribution in [3.05, 3.63) is 101 Å². The van der Waals surface area contributed by atoms with Crippen LogP contribution in [-0.2, 0) is 29.0 Å². The van der Waals surface area contributed by atoms with E-state index in [4.69, 9.17) is 16.3 Å². The average molecular weight is 519 g/mol. The van der Waals surface area contributed by atoms with Gasteiger partial charge in [-0.05, 0) is 53.8 Å². The molecule has 0 heterocycles. The molecular formula is C31H35ClN2O3. The maximum atomic E-state index is 13.9. The molecule has 0 saturated heterocycles. The number of ether oxygens (including phenoxy) is 1. The summed E-state index contributed by atoms with van der Waals surface area (Å²) in [5.41, 5.74) is 2.77. The molecule has 0 radical (unpaired) electrons. The number of carbonyl (C=O) groups excluding carboxylic acids is 2. The maximum Gasteiger partial charge on any atom is 0.243 e. The van der Waals surface area contributed by atoms with Gasteiger partial charge in [0.15, 0.2) is 0 Å². The van der Waals surface area contributed by atoms with Gasteiger partial charge in [-0.25, -0.2) is 0 Å². The fourth-order valence-electron chi connectivity index (χ4n) is 4.95. The summed E-state index contributed by atoms with van der Waals surface area (Å²) < 4.78 is 5.26. The third kappa shape index (κ3) is 7.83. The molecular weight excluding hydrogens is 484 g/mol. The van der Waals surface area contributed by atoms with Gasteiger partial charge in [0.1, 0.15) is 11.8 Å². The van der Waals surface area contributed by atoms with Crippen molar-refractivity contribution in [3.8, 4) is 5.75 Å². The molecule has 1 fully saturated rings. The van der Waals surface area contributed by atoms with Crippen molar-refractivity contribution in [3.63, 3.8) is 0 Å². The first-order valence-electron chi connectivity index (χ1n) is 13.0. The van der Waals surface area contributed by atoms with Crippen LogP contribution in [0, 0.1) is 0 Å². The number of benzene rings is 3. The minimum absolute atomic E-state index is 0.0964. The number of amides is 2. The topological polar surface area (TPSA) is 58.6 Å². The summed E-state index contributed by atoms with van der Waals surface area (Å²) in [6, 6.07) is 24.4. The van der Waals surface area contributed by atoms with Crippen LogP contribution >= 0.6 is 11.6 Å². The van der Waals surface area contributed by atoms with E-state index in [-0.39, 0.29) is 24.3 Å². The molecule has 0 aliphatic heterocycles. The highest BCUT2D eigenvalue weighted by atomic mass is 35.5. The van der Waals surface area contributed by atoms with Gasteiger partial charge in [0.05, 0.1) is 13.5 Å². The Balaban J connectivity index is 1.64. The van der Waals surface area contributed by atoms with Gasteiger partial charge in [-0.1, -0.05) is 85.5 Å². The smallest absolute Gasteiger partial charge is 0.243 e. The lowest BCUT2D eigenvalue weighted by Crippen LogP contribution is -2.53. The van der Waals surface area contributed by atoms with Crippen LogP contribution in [0.1, 0.15) is 48.8 Å². The number of hydrogen-bond donors (Lipinski definition) is 1. The Kier molecular flexibility index (Phi) is 9.61. The second-order valence-corrected chi connectivity index (χ2v) is 10.2. The molecule has 0 spiro atoms. The molecule has 4 rings (SSSR count). The number of rotatable bonds is 10. The van der Waals surface area contributed by atoms with Crippen LogP contribution in [0.5, 0.6) is 5.75 Å². The number of methoxy groups -OCH3 is 1. The van der Waals surface area contributed by atoms with Crippen LogP contribution in [0.4, 0.5) is 0 Å². The fourth-order valence-corrected chi connectivity index (χ4v) is 5.16. The van der Waals surface area contributed by atoms with Crippen molar-refractivity contribution in [2.75, 3.05) is 7.11 Å². The number of nitrogens with one attached hydrogen (secondary N) is 1. The Labute approximate surface area is 224 Å². The third-order valence-corrected chi connectivity index (χ3v) is 7.21. The van der Waals surface area contributed by atoms with E-state index >= 15 is 0 Å². The number of hydrogen-bond acceptors (Lipinski definition) is 3. The van der Waals surface area contributed by atoms with E-state index in [1.165, 1.54) is 6.42 Å². The molecule has 1 unspecified atom stereocenters. The van der Waals surface area contributed by atoms with Crippen molar-refractivity contribution >= 4 is 23.4 Å². The summed E-state index contributed by atoms with van der Waals surface area (Å²) in [4.78, 5) is 29.4. The van der Waals surface area contributed by atoms with E-state index < -0.39 is 6.04 Å². The van der Waals surface area contributed by atoms with E-state index in [0.717, 1.165) is 48.1 Å². The average Bonchev–Trinajstić information content (AvgIpc) is 2.92. The molecule has 0 bridgehead atoms. The van der Waals surface area contributed by atoms with Gasteiger partial charge in [-0.2, -0.15) is 0 Å². The van der Waals surface area contributed by atoms with Gasteiger partial charge >= 0.3 is 0 Å². The highest BCUT2D eigenvalue weighted by Crippen LogP contribution is 2.22. The lowest BCUT2D eigenvalue weighted by atomic mass is 9.94. The molecule has 5 nitrogen and oxygen atoms in total. The molecule has 1 atom stereocenters. The molecule has 1 aliphatic rings. The fraction of sp³-hybridized carbons (Fsp3) is 0.355. The summed E-state index contributed by atoms with van der Waals surface area (Å²) >= 11 is 6.27. The van der Waals surface area contributed by atoms with E-state index in [9.17, 15) is 9.59 Å². The first kappa shape index (κ1) is 26.7. The van der Waals surface area contributed by atoms with Crippen molar-refractivity contribution in [1.29, 1.82) is 0 Å². The van der Waals surface area contributed by atoms with Gasteiger partial charge in [0.2, 0.25) is 11.8 Å². The first-order chi connectivity index (χ1) is 18.0. The second kappa shape index (κ2) is 13.3. The minimum atomic E-state index is -0.644. The van der Waals surface area contributed by atoms with Gasteiger partial charge in [0, 0.05) is 24.0 Å². The van der Waals surface area contributed by atoms with Gasteiger partial charge in [0.25, 0.3) is 0 Å². The van der Waals surface area contributed by atoms with Crippen LogP contribution in [0.15, 0.2) is 78.9 Å². The van der Waals surface area contributed by atoms with Crippen LogP contribution in [0.3, 0.4) is 0 Å². The number of nitrogens with zero attached hydrogens (tertiary/aromatic N) is 1. The number of carbonyl (C=O) groups is 2. The lowest BCUT2D eigenvalue weighted by Gasteiger charge is -2.33. The van der Waals surface area contributed by atoms with E-state index in [0.29, 0.717) is 18.0 Å². The Morgan fingerprint density at radius 2 is 1.62 bits per heavy atom. The van der Waals surface area contributed by atoms with E-state index in [2.05, 4.69) is 5.32 Å². The highest BCUT2D eigenvalue weighted by molar-refractivity contribution is 6.30. The summed E-state index contributed by atoms with van der Waals surface area (Å²) in [5.74, 6) is 0.534. The molecule has 1 aliphatic carbocycles. The van der Waals surface area contributed by atoms with Crippen molar-refractivity contribution in [2.24, 2.45) is 0 Å². The molecule has 37 heavy (non-hydrogen) atoms. The van der Waals surface area contributed by atoms with Crippen molar-refractivity contribution in [1.82, 2.24) is 10.2 Å². The van der Waals surface area contributed by atoms with Crippen LogP contribution in [0.2, 0.25) is 5.02 Å². The zero-order chi connectivity index (χ0) is 26.0. The van der Waals surface area contributed by atoms with Crippen molar-refractivity contribution < 1.29 is 14.3 Å². The van der Waals surface area contributed by atoms with Gasteiger partial charge < -0.3 is 15.0 Å². The Bertz CT molecular complexity index is 1160. The molecule has 1 N–H and O–H groups in total. The van der Waals surface area contributed by atoms with Crippen LogP contribution in [0.25, 0.3) is 0 Å². The molecule has 1 saturated carbocycles. The highest BCUT2D eigenvalue weighted by Gasteiger charge is 2.32. The van der Waals surface area contributed by atoms with Gasteiger partial charge in [-0.3, -0.25) is 9.59 Å². The van der Waals surface area contributed by atoms with Gasteiger partial charge in [-0.15, -0.1) is 0 Å². The normalized spacial score (nSPS) is 14.5. The number of halogens is 1. The molecule has 2 amide bonds. The summed E-state index contributed by atoms with van der Waals surface area (Å²) in [5, 5.41) is 3.88. The van der Waals surface area contributed by atoms with E-state index in [1.807, 2.05) is 78.9 Å². The second-order valence-electron chi connectivity index (χ2n) is 9.73. The Morgan fingerprint density at radius 3 is 2.30 bits per heavy atom. The summed E-state index contributed by atoms with van der Waals surface area (Å²) in [6.07, 6.45) is 6.05. The van der Waals surface area contributed by atoms with Crippen LogP contribution < -0.4 is 10.1 Å². The predicted molar refractivity (Wildman–Crippen MR) is 148 cm³/mol. The molecule has 6 heteroatoms. The van der Waals surface area contributed by atoms with Crippen molar-refractivity contribution in [2.45, 2.75) is 63.6 Å². The Hall–Kier alpha value is -3.31. The SMILES string of the molecule is COc1ccc(CC(=O)N(Cc2cccc(Cl)c2)C(Cc2ccccc2)C(=O)NC2CCCCC2)cc1. The van der Waals surface area contributed by atoms with Crippen LogP contribution in [-0.4, -0.2) is 35.9 Å². The third-order valence-electron chi connectivity index (χ3n) is 6.98. The summed E-state index contributed by atoms with van der Waals surface area (Å²) in [7, 11) is 1.62. The molecule has 3 aromatic rings. The molecule has 3 aromatic carbocycles. The predicted octanol–water partition coefficient (Wildman–Crippen LogP) is 5.98. The molecule has 0 aromatic heterocycles. The first-order valence-corrected chi connectivity index (χ1v) is 13.4. The minimum Gasteiger partial charge on any atom is -0.497 e. The zero-order valence-electron chi connectivity index (χ0n) is 21.4. The zero-order valence-corrected chi connectivity index (χ0v) is 22.1. The largest absolute Gasteiger partial charge is 0.497 e. The van der Waals surface area contributed by atoms with E-state index in [1.54, 1.807) is 12.0 Å². The lowest BCUT2D eigenvalue weighted by molar-refractivity contribution is -0.141. The summed E-state index contributed by atoms with van der Waals surface area (Å²) in [6.45, 7) is 0.297. The Morgan fingerprint density at radius 1 is 0.919 bits per heavy atom. The maximum absolute atomic E-state index is 13.9. The standard InChI is InChI=1S/C31H35ClN2O3/c1-37-28-17-15-24(16-18-28)21-30(35)34(22-25-11-8-12-26(32)19-25)29(20-23-9-4-2-5-10-23)31(36)33-27-13-6-3-7-14-27/h2,4-5,8-12,15-19,27,29H,3,6-7,13-14,20-22H2,1H3,(H,33,36). The quantitative estimate of drug-likeness (QED) is 0.359. The molecule has 194 valence electrons. The monoisotopic (exact) mass is 518 g/mol.